The Balaban J connectivity index is 1.33. The molecule has 0 aliphatic carbocycles. The predicted molar refractivity (Wildman–Crippen MR) is 157 cm³/mol. The number of allylic oxidation sites excluding steroid dienone is 5. The topological polar surface area (TPSA) is 31.2 Å². The maximum Gasteiger partial charge on any atom is 0.0634 e. The number of nitrogens with zero attached hydrogens (tertiary/aromatic N) is 4. The van der Waals surface area contributed by atoms with Gasteiger partial charge in [0, 0.05) is 48.8 Å². The van der Waals surface area contributed by atoms with Crippen LogP contribution < -0.4 is 0 Å². The lowest BCUT2D eigenvalue weighted by Crippen LogP contribution is -2.45. The van der Waals surface area contributed by atoms with Gasteiger partial charge in [-0.05, 0) is 61.9 Å². The zero-order valence-corrected chi connectivity index (χ0v) is 23.0. The van der Waals surface area contributed by atoms with Gasteiger partial charge in [0.05, 0.1) is 17.5 Å². The first-order valence-electron chi connectivity index (χ1n) is 13.6. The lowest BCUT2D eigenvalue weighted by molar-refractivity contribution is 0.187. The highest BCUT2D eigenvalue weighted by Crippen LogP contribution is 2.31. The van der Waals surface area contributed by atoms with Crippen molar-refractivity contribution < 1.29 is 0 Å². The van der Waals surface area contributed by atoms with Crippen LogP contribution in [-0.2, 0) is 13.0 Å². The standard InChI is InChI=1S/C31H42N4S/c1-5-10-26(11-6-2)21-28-22-29(33-32-28)30-12-8-9-16-34(30)17-15-24(4)35-18-19-36-31-14-13-25(7-3)20-27(31)23-35/h5-6,10-11,13-14,20,30H,1,4,7-9,12,15-19,21-23H2,2-3H3/b11-6-,26-10+. The van der Waals surface area contributed by atoms with Crippen molar-refractivity contribution in [3.8, 4) is 0 Å². The van der Waals surface area contributed by atoms with Gasteiger partial charge in [0.2, 0.25) is 0 Å². The van der Waals surface area contributed by atoms with Gasteiger partial charge in [0.1, 0.15) is 0 Å². The van der Waals surface area contributed by atoms with Gasteiger partial charge >= 0.3 is 0 Å². The first-order valence-corrected chi connectivity index (χ1v) is 14.6. The normalized spacial score (nSPS) is 21.2. The van der Waals surface area contributed by atoms with Crippen LogP contribution in [-0.4, -0.2) is 52.7 Å². The maximum absolute atomic E-state index is 4.69. The molecule has 3 aliphatic rings. The number of thioether (sulfide) groups is 1. The summed E-state index contributed by atoms with van der Waals surface area (Å²) in [6.07, 6.45) is 15.7. The minimum Gasteiger partial charge on any atom is -0.370 e. The van der Waals surface area contributed by atoms with Gasteiger partial charge in [-0.1, -0.05) is 62.9 Å². The first-order chi connectivity index (χ1) is 17.6. The molecule has 1 unspecified atom stereocenters. The van der Waals surface area contributed by atoms with Gasteiger partial charge in [-0.3, -0.25) is 4.90 Å². The molecule has 1 aromatic carbocycles. The largest absolute Gasteiger partial charge is 0.370 e. The van der Waals surface area contributed by atoms with Crippen molar-refractivity contribution >= 4 is 23.2 Å². The number of hydrogen-bond acceptors (Lipinski definition) is 5. The van der Waals surface area contributed by atoms with Crippen LogP contribution in [0.1, 0.15) is 63.5 Å². The zero-order valence-electron chi connectivity index (χ0n) is 22.2. The van der Waals surface area contributed by atoms with E-state index in [-0.39, 0.29) is 0 Å². The van der Waals surface area contributed by atoms with Crippen LogP contribution in [0, 0.1) is 0 Å². The summed E-state index contributed by atoms with van der Waals surface area (Å²) in [6.45, 7) is 16.9. The molecular weight excluding hydrogens is 460 g/mol. The van der Waals surface area contributed by atoms with E-state index in [1.54, 1.807) is 0 Å². The molecule has 5 heteroatoms. The fourth-order valence-electron chi connectivity index (χ4n) is 5.48. The fraction of sp³-hybridized carbons (Fsp3) is 0.484. The molecule has 1 atom stereocenters. The molecule has 0 N–H and O–H groups in total. The third-order valence-electron chi connectivity index (χ3n) is 7.47. The van der Waals surface area contributed by atoms with Crippen molar-refractivity contribution in [2.24, 2.45) is 10.2 Å². The minimum absolute atomic E-state index is 0.411. The highest BCUT2D eigenvalue weighted by Gasteiger charge is 2.30. The molecule has 0 spiro atoms. The third-order valence-corrected chi connectivity index (χ3v) is 8.57. The Morgan fingerprint density at radius 2 is 2.11 bits per heavy atom. The first kappa shape index (κ1) is 26.7. The zero-order chi connectivity index (χ0) is 25.3. The lowest BCUT2D eigenvalue weighted by Gasteiger charge is -2.36. The van der Waals surface area contributed by atoms with Crippen LogP contribution in [0.4, 0.5) is 0 Å². The number of likely N-dealkylation sites (tertiary alicyclic amines) is 1. The lowest BCUT2D eigenvalue weighted by atomic mass is 9.93. The van der Waals surface area contributed by atoms with E-state index >= 15 is 0 Å². The number of benzene rings is 1. The average Bonchev–Trinajstić information content (AvgIpc) is 3.25. The molecule has 192 valence electrons. The van der Waals surface area contributed by atoms with E-state index in [4.69, 9.17) is 0 Å². The Bertz CT molecular complexity index is 1060. The second-order valence-electron chi connectivity index (χ2n) is 10.0. The summed E-state index contributed by atoms with van der Waals surface area (Å²) in [5.74, 6) is 1.12. The molecule has 4 rings (SSSR count). The molecule has 4 nitrogen and oxygen atoms in total. The second-order valence-corrected chi connectivity index (χ2v) is 11.2. The van der Waals surface area contributed by atoms with Crippen LogP contribution in [0.15, 0.2) is 82.0 Å². The van der Waals surface area contributed by atoms with E-state index < -0.39 is 0 Å². The van der Waals surface area contributed by atoms with Crippen molar-refractivity contribution in [2.75, 3.05) is 25.4 Å². The van der Waals surface area contributed by atoms with Crippen molar-refractivity contribution in [3.63, 3.8) is 0 Å². The van der Waals surface area contributed by atoms with Gasteiger partial charge in [-0.2, -0.15) is 10.2 Å². The number of aryl methyl sites for hydroxylation is 1. The van der Waals surface area contributed by atoms with E-state index in [2.05, 4.69) is 83.4 Å². The van der Waals surface area contributed by atoms with E-state index in [0.717, 1.165) is 57.6 Å². The van der Waals surface area contributed by atoms with Crippen molar-refractivity contribution in [2.45, 2.75) is 76.3 Å². The third kappa shape index (κ3) is 6.89. The average molecular weight is 503 g/mol. The quantitative estimate of drug-likeness (QED) is 0.317. The summed E-state index contributed by atoms with van der Waals surface area (Å²) < 4.78 is 0. The monoisotopic (exact) mass is 502 g/mol. The van der Waals surface area contributed by atoms with E-state index in [1.165, 1.54) is 58.0 Å². The highest BCUT2D eigenvalue weighted by atomic mass is 32.2. The van der Waals surface area contributed by atoms with Crippen molar-refractivity contribution in [3.05, 3.63) is 78.1 Å². The van der Waals surface area contributed by atoms with Gasteiger partial charge in [0.25, 0.3) is 0 Å². The van der Waals surface area contributed by atoms with Crippen LogP contribution in [0.2, 0.25) is 0 Å². The molecule has 0 saturated carbocycles. The van der Waals surface area contributed by atoms with Crippen molar-refractivity contribution in [1.82, 2.24) is 9.80 Å². The molecule has 3 aliphatic heterocycles. The predicted octanol–water partition coefficient (Wildman–Crippen LogP) is 7.19. The number of rotatable bonds is 10. The van der Waals surface area contributed by atoms with Crippen LogP contribution >= 0.6 is 11.8 Å². The molecule has 0 radical (unpaired) electrons. The molecule has 0 amide bonds. The van der Waals surface area contributed by atoms with E-state index in [9.17, 15) is 0 Å². The molecule has 1 fully saturated rings. The summed E-state index contributed by atoms with van der Waals surface area (Å²) in [5.41, 5.74) is 7.81. The molecule has 1 saturated heterocycles. The summed E-state index contributed by atoms with van der Waals surface area (Å²) >= 11 is 1.99. The highest BCUT2D eigenvalue weighted by molar-refractivity contribution is 7.99. The maximum atomic E-state index is 4.69. The number of hydrogen-bond donors (Lipinski definition) is 0. The number of piperidine rings is 1. The van der Waals surface area contributed by atoms with Crippen LogP contribution in [0.25, 0.3) is 0 Å². The SMILES string of the molecule is C=C/C=C(\C=C/C)CC1=NN=C(C2CCCCN2CCC(=C)N2CCSc3ccc(CC)cc3C2)C1. The Morgan fingerprint density at radius 1 is 1.22 bits per heavy atom. The second kappa shape index (κ2) is 13.3. The minimum atomic E-state index is 0.411. The molecule has 3 heterocycles. The molecule has 0 bridgehead atoms. The Morgan fingerprint density at radius 3 is 2.92 bits per heavy atom. The smallest absolute Gasteiger partial charge is 0.0634 e. The molecule has 36 heavy (non-hydrogen) atoms. The van der Waals surface area contributed by atoms with Gasteiger partial charge < -0.3 is 4.90 Å². The van der Waals surface area contributed by atoms with Gasteiger partial charge in [-0.15, -0.1) is 11.8 Å². The van der Waals surface area contributed by atoms with Gasteiger partial charge in [-0.25, -0.2) is 0 Å². The Kier molecular flexibility index (Phi) is 9.82. The van der Waals surface area contributed by atoms with E-state index in [0.29, 0.717) is 6.04 Å². The van der Waals surface area contributed by atoms with E-state index in [1.807, 2.05) is 17.8 Å². The fourth-order valence-corrected chi connectivity index (χ4v) is 6.48. The van der Waals surface area contributed by atoms with Gasteiger partial charge in [0.15, 0.2) is 0 Å². The molecule has 0 aromatic heterocycles. The summed E-state index contributed by atoms with van der Waals surface area (Å²) in [5, 5.41) is 9.27. The Labute approximate surface area is 222 Å². The van der Waals surface area contributed by atoms with Crippen molar-refractivity contribution in [1.29, 1.82) is 0 Å². The molecule has 1 aromatic rings. The summed E-state index contributed by atoms with van der Waals surface area (Å²) in [7, 11) is 0. The summed E-state index contributed by atoms with van der Waals surface area (Å²) in [6, 6.07) is 7.41. The van der Waals surface area contributed by atoms with Crippen LogP contribution in [0.3, 0.4) is 0 Å². The Hall–Kier alpha value is -2.37. The molecular formula is C31H42N4S. The number of fused-ring (bicyclic) bond motifs is 1. The summed E-state index contributed by atoms with van der Waals surface area (Å²) in [4.78, 5) is 6.60. The van der Waals surface area contributed by atoms with Crippen LogP contribution in [0.5, 0.6) is 0 Å².